The number of nitrogen functional groups attached to an aromatic ring is 1. The van der Waals surface area contributed by atoms with Crippen LogP contribution in [0, 0.1) is 12.8 Å². The van der Waals surface area contributed by atoms with E-state index in [4.69, 9.17) is 10.5 Å². The summed E-state index contributed by atoms with van der Waals surface area (Å²) in [5.41, 5.74) is 7.42. The van der Waals surface area contributed by atoms with E-state index in [0.717, 1.165) is 54.3 Å². The van der Waals surface area contributed by atoms with Crippen molar-refractivity contribution in [1.29, 1.82) is 0 Å². The number of nitrogens with two attached hydrogens (primary N) is 1. The maximum Gasteiger partial charge on any atom is 0.416 e. The van der Waals surface area contributed by atoms with Crippen LogP contribution in [0.1, 0.15) is 67.1 Å². The highest BCUT2D eigenvalue weighted by Crippen LogP contribution is 2.39. The third kappa shape index (κ3) is 6.11. The maximum absolute atomic E-state index is 13.4. The molecule has 2 aromatic carbocycles. The number of ether oxygens (including phenoxy) is 1. The van der Waals surface area contributed by atoms with Gasteiger partial charge in [-0.3, -0.25) is 4.79 Å². The molecule has 2 aliphatic rings. The average molecular weight is 542 g/mol. The summed E-state index contributed by atoms with van der Waals surface area (Å²) in [7, 11) is 0. The molecule has 1 saturated heterocycles. The molecule has 1 aliphatic carbocycles. The molecule has 1 amide bonds. The molecule has 5 rings (SSSR count). The molecular formula is C29H34F3N5O2. The molecule has 0 radical (unpaired) electrons. The molecule has 2 fully saturated rings. The van der Waals surface area contributed by atoms with Gasteiger partial charge in [-0.05, 0) is 86.9 Å². The second kappa shape index (κ2) is 11.0. The molecule has 1 saturated carbocycles. The Labute approximate surface area is 225 Å². The molecule has 1 aliphatic heterocycles. The molecule has 39 heavy (non-hydrogen) atoms. The molecule has 1 aromatic heterocycles. The lowest BCUT2D eigenvalue weighted by atomic mass is 9.78. The quantitative estimate of drug-likeness (QED) is 0.394. The van der Waals surface area contributed by atoms with Crippen molar-refractivity contribution in [3.63, 3.8) is 0 Å². The first kappa shape index (κ1) is 27.2. The Bertz CT molecular complexity index is 1350. The third-order valence-electron chi connectivity index (χ3n) is 7.86. The minimum Gasteiger partial charge on any atom is -0.399 e. The zero-order valence-electron chi connectivity index (χ0n) is 22.2. The van der Waals surface area contributed by atoms with Crippen molar-refractivity contribution >= 4 is 28.3 Å². The van der Waals surface area contributed by atoms with Crippen molar-refractivity contribution in [1.82, 2.24) is 14.9 Å². The lowest BCUT2D eigenvalue weighted by Gasteiger charge is -2.34. The van der Waals surface area contributed by atoms with Crippen molar-refractivity contribution in [3.05, 3.63) is 58.9 Å². The van der Waals surface area contributed by atoms with Gasteiger partial charge in [-0.1, -0.05) is 6.07 Å². The SMILES string of the molecule is Cc1nc(N[C@H](C)c2cc(N)cc(C(F)(F)F)c2)c2cc(C3CCC(C(=O)N4CCOCC4)CC3)ccc2n1. The van der Waals surface area contributed by atoms with Crippen LogP contribution in [-0.4, -0.2) is 47.1 Å². The van der Waals surface area contributed by atoms with E-state index in [0.29, 0.717) is 49.4 Å². The Morgan fingerprint density at radius 1 is 1.08 bits per heavy atom. The van der Waals surface area contributed by atoms with Gasteiger partial charge in [-0.2, -0.15) is 13.2 Å². The third-order valence-corrected chi connectivity index (χ3v) is 7.86. The molecule has 3 aromatic rings. The van der Waals surface area contributed by atoms with Crippen LogP contribution in [0.15, 0.2) is 36.4 Å². The molecule has 2 heterocycles. The van der Waals surface area contributed by atoms with E-state index in [9.17, 15) is 18.0 Å². The number of fused-ring (bicyclic) bond motifs is 1. The first-order chi connectivity index (χ1) is 18.6. The minimum atomic E-state index is -4.48. The predicted octanol–water partition coefficient (Wildman–Crippen LogP) is 5.84. The second-order valence-electron chi connectivity index (χ2n) is 10.6. The number of carbonyl (C=O) groups is 1. The summed E-state index contributed by atoms with van der Waals surface area (Å²) >= 11 is 0. The summed E-state index contributed by atoms with van der Waals surface area (Å²) in [5.74, 6) is 1.76. The van der Waals surface area contributed by atoms with Gasteiger partial charge in [0, 0.05) is 30.1 Å². The van der Waals surface area contributed by atoms with E-state index < -0.39 is 17.8 Å². The highest BCUT2D eigenvalue weighted by atomic mass is 19.4. The van der Waals surface area contributed by atoms with Gasteiger partial charge in [0.05, 0.1) is 30.3 Å². The van der Waals surface area contributed by atoms with E-state index >= 15 is 0 Å². The Morgan fingerprint density at radius 2 is 1.79 bits per heavy atom. The number of aromatic nitrogens is 2. The number of nitrogens with zero attached hydrogens (tertiary/aromatic N) is 3. The molecule has 0 spiro atoms. The van der Waals surface area contributed by atoms with Crippen molar-refractivity contribution in [3.8, 4) is 0 Å². The Balaban J connectivity index is 1.35. The second-order valence-corrected chi connectivity index (χ2v) is 10.6. The van der Waals surface area contributed by atoms with E-state index in [-0.39, 0.29) is 17.5 Å². The van der Waals surface area contributed by atoms with Crippen LogP contribution >= 0.6 is 0 Å². The highest BCUT2D eigenvalue weighted by Gasteiger charge is 2.32. The van der Waals surface area contributed by atoms with Crippen LogP contribution in [0.25, 0.3) is 10.9 Å². The Hall–Kier alpha value is -3.40. The first-order valence-electron chi connectivity index (χ1n) is 13.5. The van der Waals surface area contributed by atoms with E-state index in [1.165, 1.54) is 0 Å². The largest absolute Gasteiger partial charge is 0.416 e. The van der Waals surface area contributed by atoms with Crippen molar-refractivity contribution in [2.45, 2.75) is 57.7 Å². The zero-order chi connectivity index (χ0) is 27.7. The van der Waals surface area contributed by atoms with Crippen LogP contribution in [0.3, 0.4) is 0 Å². The number of hydrogen-bond donors (Lipinski definition) is 2. The Kier molecular flexibility index (Phi) is 7.66. The molecule has 10 heteroatoms. The average Bonchev–Trinajstić information content (AvgIpc) is 2.92. The summed E-state index contributed by atoms with van der Waals surface area (Å²) < 4.78 is 45.5. The molecule has 3 N–H and O–H groups in total. The van der Waals surface area contributed by atoms with Crippen LogP contribution in [0.4, 0.5) is 24.7 Å². The Morgan fingerprint density at radius 3 is 2.49 bits per heavy atom. The topological polar surface area (TPSA) is 93.4 Å². The van der Waals surface area contributed by atoms with Gasteiger partial charge in [0.1, 0.15) is 11.6 Å². The highest BCUT2D eigenvalue weighted by molar-refractivity contribution is 5.90. The van der Waals surface area contributed by atoms with Crippen LogP contribution in [0.2, 0.25) is 0 Å². The fraction of sp³-hybridized carbons (Fsp3) is 0.483. The van der Waals surface area contributed by atoms with Gasteiger partial charge in [0.2, 0.25) is 5.91 Å². The van der Waals surface area contributed by atoms with Crippen molar-refractivity contribution in [2.24, 2.45) is 5.92 Å². The van der Waals surface area contributed by atoms with E-state index in [1.807, 2.05) is 11.0 Å². The summed E-state index contributed by atoms with van der Waals surface area (Å²) in [4.78, 5) is 24.0. The number of carbonyl (C=O) groups excluding carboxylic acids is 1. The summed E-state index contributed by atoms with van der Waals surface area (Å²) in [5, 5.41) is 4.12. The number of morpholine rings is 1. The first-order valence-corrected chi connectivity index (χ1v) is 13.5. The maximum atomic E-state index is 13.4. The van der Waals surface area contributed by atoms with Gasteiger partial charge in [-0.25, -0.2) is 9.97 Å². The zero-order valence-corrected chi connectivity index (χ0v) is 22.2. The number of rotatable bonds is 5. The summed E-state index contributed by atoms with van der Waals surface area (Å²) in [6, 6.07) is 9.27. The number of anilines is 2. The van der Waals surface area contributed by atoms with E-state index in [1.54, 1.807) is 19.9 Å². The fourth-order valence-electron chi connectivity index (χ4n) is 5.72. The van der Waals surface area contributed by atoms with E-state index in [2.05, 4.69) is 27.4 Å². The van der Waals surface area contributed by atoms with Gasteiger partial charge in [-0.15, -0.1) is 0 Å². The number of aryl methyl sites for hydroxylation is 1. The number of nitrogens with one attached hydrogen (secondary N) is 1. The van der Waals surface area contributed by atoms with Gasteiger partial charge in [0.25, 0.3) is 0 Å². The number of hydrogen-bond acceptors (Lipinski definition) is 6. The molecule has 1 atom stereocenters. The van der Waals surface area contributed by atoms with Gasteiger partial charge < -0.3 is 20.7 Å². The van der Waals surface area contributed by atoms with Crippen LogP contribution in [0.5, 0.6) is 0 Å². The predicted molar refractivity (Wildman–Crippen MR) is 144 cm³/mol. The normalized spacial score (nSPS) is 21.1. The fourth-order valence-corrected chi connectivity index (χ4v) is 5.72. The summed E-state index contributed by atoms with van der Waals surface area (Å²) in [6.45, 7) is 6.13. The molecule has 208 valence electrons. The lowest BCUT2D eigenvalue weighted by molar-refractivity contribution is -0.140. The number of alkyl halides is 3. The molecule has 7 nitrogen and oxygen atoms in total. The summed E-state index contributed by atoms with van der Waals surface area (Å²) in [6.07, 6.45) is -0.948. The number of amides is 1. The van der Waals surface area contributed by atoms with Gasteiger partial charge >= 0.3 is 6.18 Å². The number of halogens is 3. The molecule has 0 bridgehead atoms. The smallest absolute Gasteiger partial charge is 0.399 e. The molecular weight excluding hydrogens is 507 g/mol. The monoisotopic (exact) mass is 541 g/mol. The van der Waals surface area contributed by atoms with Crippen LogP contribution < -0.4 is 11.1 Å². The van der Waals surface area contributed by atoms with Gasteiger partial charge in [0.15, 0.2) is 0 Å². The lowest BCUT2D eigenvalue weighted by Crippen LogP contribution is -2.44. The standard InChI is InChI=1S/C29H34F3N5O2/c1-17(22-13-23(29(30,31)32)16-24(33)14-22)34-27-25-15-21(7-8-26(25)35-18(2)36-27)19-3-5-20(6-4-19)28(38)37-9-11-39-12-10-37/h7-8,13-17,19-20H,3-6,9-12,33H2,1-2H3,(H,34,35,36)/t17-,19?,20?/m1/s1. The minimum absolute atomic E-state index is 0.0576. The molecule has 0 unspecified atom stereocenters. The van der Waals surface area contributed by atoms with Crippen LogP contribution in [-0.2, 0) is 15.7 Å². The number of benzene rings is 2. The van der Waals surface area contributed by atoms with Crippen molar-refractivity contribution < 1.29 is 22.7 Å². The van der Waals surface area contributed by atoms with Crippen molar-refractivity contribution in [2.75, 3.05) is 37.4 Å².